The zero-order chi connectivity index (χ0) is 15.3. The van der Waals surface area contributed by atoms with Crippen molar-refractivity contribution in [2.45, 2.75) is 17.9 Å². The molecule has 114 valence electrons. The van der Waals surface area contributed by atoms with Gasteiger partial charge in [-0.2, -0.15) is 0 Å². The highest BCUT2D eigenvalue weighted by atomic mass is 32.2. The minimum absolute atomic E-state index is 0.170. The molecule has 0 saturated carbocycles. The van der Waals surface area contributed by atoms with Crippen LogP contribution in [0.5, 0.6) is 5.75 Å². The van der Waals surface area contributed by atoms with Crippen LogP contribution in [0.2, 0.25) is 0 Å². The largest absolute Gasteiger partial charge is 0.496 e. The van der Waals surface area contributed by atoms with Crippen LogP contribution in [0.25, 0.3) is 0 Å². The first-order chi connectivity index (χ1) is 10.1. The lowest BCUT2D eigenvalue weighted by Crippen LogP contribution is -2.26. The third-order valence-electron chi connectivity index (χ3n) is 2.99. The molecule has 0 unspecified atom stereocenters. The molecular weight excluding hydrogens is 292 g/mol. The third-order valence-corrected chi connectivity index (χ3v) is 4.45. The molecule has 1 aromatic carbocycles. The number of aromatic nitrogens is 2. The maximum atomic E-state index is 12.2. The zero-order valence-corrected chi connectivity index (χ0v) is 12.5. The number of rotatable bonds is 7. The van der Waals surface area contributed by atoms with Crippen molar-refractivity contribution in [3.05, 3.63) is 42.0 Å². The third kappa shape index (κ3) is 3.81. The van der Waals surface area contributed by atoms with Crippen LogP contribution < -0.4 is 15.2 Å². The van der Waals surface area contributed by atoms with Gasteiger partial charge in [-0.05, 0) is 18.2 Å². The Morgan fingerprint density at radius 1 is 1.43 bits per heavy atom. The van der Waals surface area contributed by atoms with Gasteiger partial charge in [-0.3, -0.25) is 0 Å². The number of hydrogen-bond donors (Lipinski definition) is 3. The fourth-order valence-electron chi connectivity index (χ4n) is 1.90. The predicted molar refractivity (Wildman–Crippen MR) is 78.4 cm³/mol. The van der Waals surface area contributed by atoms with E-state index < -0.39 is 10.0 Å². The van der Waals surface area contributed by atoms with Crippen molar-refractivity contribution >= 4 is 10.0 Å². The van der Waals surface area contributed by atoms with E-state index in [0.717, 1.165) is 5.82 Å². The molecule has 7 nitrogen and oxygen atoms in total. The van der Waals surface area contributed by atoms with E-state index in [1.165, 1.54) is 19.2 Å². The second-order valence-corrected chi connectivity index (χ2v) is 6.13. The monoisotopic (exact) mass is 310 g/mol. The summed E-state index contributed by atoms with van der Waals surface area (Å²) in [5, 5.41) is 0. The van der Waals surface area contributed by atoms with Gasteiger partial charge in [0.25, 0.3) is 0 Å². The van der Waals surface area contributed by atoms with Crippen molar-refractivity contribution in [2.24, 2.45) is 5.73 Å². The molecule has 0 spiro atoms. The van der Waals surface area contributed by atoms with Gasteiger partial charge in [-0.25, -0.2) is 18.1 Å². The fraction of sp³-hybridized carbons (Fsp3) is 0.308. The van der Waals surface area contributed by atoms with E-state index >= 15 is 0 Å². The van der Waals surface area contributed by atoms with Crippen molar-refractivity contribution < 1.29 is 13.2 Å². The van der Waals surface area contributed by atoms with Crippen LogP contribution in [0.15, 0.2) is 35.5 Å². The number of hydrogen-bond acceptors (Lipinski definition) is 5. The fourth-order valence-corrected chi connectivity index (χ4v) is 2.99. The van der Waals surface area contributed by atoms with Gasteiger partial charge in [-0.15, -0.1) is 0 Å². The molecule has 1 aromatic heterocycles. The van der Waals surface area contributed by atoms with E-state index in [-0.39, 0.29) is 18.0 Å². The standard InChI is InChI=1S/C13H18N4O3S/c1-20-12-3-2-11(8-10(12)9-14)21(18,19)17-5-4-13-15-6-7-16-13/h2-3,6-8,17H,4-5,9,14H2,1H3,(H,15,16). The van der Waals surface area contributed by atoms with E-state index in [4.69, 9.17) is 10.5 Å². The predicted octanol–water partition coefficient (Wildman–Crippen LogP) is 0.398. The van der Waals surface area contributed by atoms with Crippen LogP contribution in [-0.2, 0) is 23.0 Å². The lowest BCUT2D eigenvalue weighted by molar-refractivity contribution is 0.409. The van der Waals surface area contributed by atoms with Gasteiger partial charge in [0.1, 0.15) is 11.6 Å². The summed E-state index contributed by atoms with van der Waals surface area (Å²) < 4.78 is 32.1. The van der Waals surface area contributed by atoms with Crippen molar-refractivity contribution in [1.82, 2.24) is 14.7 Å². The highest BCUT2D eigenvalue weighted by molar-refractivity contribution is 7.89. The quantitative estimate of drug-likeness (QED) is 0.685. The SMILES string of the molecule is COc1ccc(S(=O)(=O)NCCc2ncc[nH]2)cc1CN. The molecular formula is C13H18N4O3S. The van der Waals surface area contributed by atoms with Gasteiger partial charge >= 0.3 is 0 Å². The van der Waals surface area contributed by atoms with Crippen molar-refractivity contribution in [3.8, 4) is 5.75 Å². The van der Waals surface area contributed by atoms with E-state index in [1.807, 2.05) is 0 Å². The Hall–Kier alpha value is -1.90. The van der Waals surface area contributed by atoms with Crippen molar-refractivity contribution in [3.63, 3.8) is 0 Å². The van der Waals surface area contributed by atoms with Crippen LogP contribution >= 0.6 is 0 Å². The van der Waals surface area contributed by atoms with Crippen LogP contribution in [0.1, 0.15) is 11.4 Å². The molecule has 0 bridgehead atoms. The number of methoxy groups -OCH3 is 1. The van der Waals surface area contributed by atoms with Crippen LogP contribution in [0, 0.1) is 0 Å². The van der Waals surface area contributed by atoms with Gasteiger partial charge < -0.3 is 15.5 Å². The minimum atomic E-state index is -3.57. The number of imidazole rings is 1. The maximum absolute atomic E-state index is 12.2. The Labute approximate surface area is 123 Å². The van der Waals surface area contributed by atoms with E-state index in [2.05, 4.69) is 14.7 Å². The zero-order valence-electron chi connectivity index (χ0n) is 11.7. The Bertz CT molecular complexity index is 683. The average Bonchev–Trinajstić information content (AvgIpc) is 2.99. The molecule has 2 aromatic rings. The molecule has 0 saturated heterocycles. The first-order valence-electron chi connectivity index (χ1n) is 6.41. The lowest BCUT2D eigenvalue weighted by atomic mass is 10.2. The highest BCUT2D eigenvalue weighted by Crippen LogP contribution is 2.21. The number of sulfonamides is 1. The van der Waals surface area contributed by atoms with Crippen molar-refractivity contribution in [2.75, 3.05) is 13.7 Å². The molecule has 8 heteroatoms. The van der Waals surface area contributed by atoms with Gasteiger partial charge in [0, 0.05) is 37.5 Å². The maximum Gasteiger partial charge on any atom is 0.240 e. The summed E-state index contributed by atoms with van der Waals surface area (Å²) in [6.45, 7) is 0.471. The Kier molecular flexibility index (Phi) is 4.94. The van der Waals surface area contributed by atoms with E-state index in [9.17, 15) is 8.42 Å². The summed E-state index contributed by atoms with van der Waals surface area (Å²) in [5.41, 5.74) is 6.24. The lowest BCUT2D eigenvalue weighted by Gasteiger charge is -2.10. The molecule has 0 aliphatic rings. The summed E-state index contributed by atoms with van der Waals surface area (Å²) in [7, 11) is -2.06. The van der Waals surface area contributed by atoms with E-state index in [1.54, 1.807) is 18.5 Å². The molecule has 0 fully saturated rings. The number of nitrogens with one attached hydrogen (secondary N) is 2. The molecule has 0 aliphatic carbocycles. The molecule has 0 atom stereocenters. The van der Waals surface area contributed by atoms with Gasteiger partial charge in [-0.1, -0.05) is 0 Å². The molecule has 21 heavy (non-hydrogen) atoms. The second-order valence-electron chi connectivity index (χ2n) is 4.36. The topological polar surface area (TPSA) is 110 Å². The average molecular weight is 310 g/mol. The van der Waals surface area contributed by atoms with Gasteiger partial charge in [0.15, 0.2) is 0 Å². The smallest absolute Gasteiger partial charge is 0.240 e. The Morgan fingerprint density at radius 3 is 2.86 bits per heavy atom. The molecule has 0 amide bonds. The molecule has 1 heterocycles. The van der Waals surface area contributed by atoms with Gasteiger partial charge in [0.05, 0.1) is 12.0 Å². The number of aromatic amines is 1. The molecule has 2 rings (SSSR count). The number of ether oxygens (including phenoxy) is 1. The second kappa shape index (κ2) is 6.70. The van der Waals surface area contributed by atoms with Crippen molar-refractivity contribution in [1.29, 1.82) is 0 Å². The number of benzene rings is 1. The Balaban J connectivity index is 2.08. The molecule has 0 aliphatic heterocycles. The van der Waals surface area contributed by atoms with Crippen LogP contribution in [0.4, 0.5) is 0 Å². The summed E-state index contributed by atoms with van der Waals surface area (Å²) in [4.78, 5) is 7.12. The van der Waals surface area contributed by atoms with Gasteiger partial charge in [0.2, 0.25) is 10.0 Å². The number of nitrogens with zero attached hydrogens (tertiary/aromatic N) is 1. The minimum Gasteiger partial charge on any atom is -0.496 e. The molecule has 0 radical (unpaired) electrons. The summed E-state index contributed by atoms with van der Waals surface area (Å²) in [6.07, 6.45) is 3.81. The first kappa shape index (κ1) is 15.5. The van der Waals surface area contributed by atoms with Crippen LogP contribution in [-0.4, -0.2) is 32.0 Å². The van der Waals surface area contributed by atoms with E-state index in [0.29, 0.717) is 17.7 Å². The highest BCUT2D eigenvalue weighted by Gasteiger charge is 2.15. The molecule has 4 N–H and O–H groups in total. The summed E-state index contributed by atoms with van der Waals surface area (Å²) >= 11 is 0. The van der Waals surface area contributed by atoms with Crippen LogP contribution in [0.3, 0.4) is 0 Å². The first-order valence-corrected chi connectivity index (χ1v) is 7.90. The Morgan fingerprint density at radius 2 is 2.24 bits per heavy atom. The number of nitrogens with two attached hydrogens (primary N) is 1. The normalized spacial score (nSPS) is 11.5. The summed E-state index contributed by atoms with van der Waals surface area (Å²) in [6, 6.07) is 4.62. The summed E-state index contributed by atoms with van der Waals surface area (Å²) in [5.74, 6) is 1.31. The number of H-pyrrole nitrogens is 1.